The average molecular weight is 502 g/mol. The highest BCUT2D eigenvalue weighted by molar-refractivity contribution is 6.19. The molecule has 0 saturated carbocycles. The number of nitrogens with zero attached hydrogens (tertiary/aromatic N) is 3. The fourth-order valence-electron chi connectivity index (χ4n) is 6.49. The van der Waals surface area contributed by atoms with Crippen LogP contribution in [0.4, 0.5) is 0 Å². The quantitative estimate of drug-likeness (QED) is 0.221. The molecule has 5 aromatic rings. The van der Waals surface area contributed by atoms with Crippen LogP contribution in [0.25, 0.3) is 68.4 Å². The van der Waals surface area contributed by atoms with Gasteiger partial charge in [-0.3, -0.25) is 0 Å². The molecule has 0 spiro atoms. The van der Waals surface area contributed by atoms with Crippen molar-refractivity contribution >= 4 is 46.1 Å². The van der Waals surface area contributed by atoms with Crippen molar-refractivity contribution in [3.63, 3.8) is 0 Å². The summed E-state index contributed by atoms with van der Waals surface area (Å²) in [5.41, 5.74) is 12.3. The summed E-state index contributed by atoms with van der Waals surface area (Å²) in [5, 5.41) is 22.6. The van der Waals surface area contributed by atoms with Gasteiger partial charge in [0.25, 0.3) is 0 Å². The number of fused-ring (bicyclic) bond motifs is 4. The van der Waals surface area contributed by atoms with E-state index in [1.165, 1.54) is 41.1 Å². The zero-order chi connectivity index (χ0) is 26.5. The molecule has 0 radical (unpaired) electrons. The molecule has 0 unspecified atom stereocenters. The smallest absolute Gasteiger partial charge is 0.0998 e. The van der Waals surface area contributed by atoms with Gasteiger partial charge in [-0.2, -0.15) is 10.5 Å². The van der Waals surface area contributed by atoms with Crippen molar-refractivity contribution in [3.05, 3.63) is 94.0 Å². The van der Waals surface area contributed by atoms with Crippen LogP contribution in [0.2, 0.25) is 0 Å². The van der Waals surface area contributed by atoms with Gasteiger partial charge < -0.3 is 4.57 Å². The third kappa shape index (κ3) is 3.48. The summed E-state index contributed by atoms with van der Waals surface area (Å²) in [6, 6.07) is 26.0. The van der Waals surface area contributed by atoms with E-state index in [1.807, 2.05) is 24.3 Å². The lowest BCUT2D eigenvalue weighted by Crippen LogP contribution is -2.02. The minimum absolute atomic E-state index is 0.657. The maximum absolute atomic E-state index is 10.1. The molecule has 1 aliphatic carbocycles. The molecule has 0 fully saturated rings. The van der Waals surface area contributed by atoms with Crippen molar-refractivity contribution in [2.75, 3.05) is 0 Å². The molecular formula is C36H27N3. The third-order valence-electron chi connectivity index (χ3n) is 8.30. The Morgan fingerprint density at radius 1 is 0.692 bits per heavy atom. The topological polar surface area (TPSA) is 52.5 Å². The van der Waals surface area contributed by atoms with E-state index in [4.69, 9.17) is 0 Å². The Morgan fingerprint density at radius 2 is 1.41 bits per heavy atom. The zero-order valence-corrected chi connectivity index (χ0v) is 22.0. The normalized spacial score (nSPS) is 12.5. The van der Waals surface area contributed by atoms with E-state index in [1.54, 1.807) is 0 Å². The highest BCUT2D eigenvalue weighted by Crippen LogP contribution is 2.49. The number of aromatic nitrogens is 1. The molecule has 0 saturated heterocycles. The molecule has 2 aliphatic rings. The lowest BCUT2D eigenvalue weighted by Gasteiger charge is -2.20. The number of benzene rings is 4. The highest BCUT2D eigenvalue weighted by atomic mass is 15.0. The molecule has 4 aromatic carbocycles. The maximum atomic E-state index is 10.1. The van der Waals surface area contributed by atoms with Crippen molar-refractivity contribution < 1.29 is 0 Å². The zero-order valence-electron chi connectivity index (χ0n) is 22.0. The van der Waals surface area contributed by atoms with E-state index < -0.39 is 0 Å². The fourth-order valence-corrected chi connectivity index (χ4v) is 6.49. The molecule has 0 N–H and O–H groups in total. The SMILES string of the molecule is CCCCCCn1c2cc3ccc2c2cc4c(c(c21)-c1cccc(C#N)c1C=C4)-c1cccc(C#N)c1C=C3. The van der Waals surface area contributed by atoms with Gasteiger partial charge in [0.15, 0.2) is 0 Å². The molecule has 0 amide bonds. The van der Waals surface area contributed by atoms with E-state index in [0.717, 1.165) is 57.5 Å². The molecule has 2 heterocycles. The van der Waals surface area contributed by atoms with E-state index in [-0.39, 0.29) is 0 Å². The van der Waals surface area contributed by atoms with Crippen molar-refractivity contribution in [2.45, 2.75) is 39.2 Å². The Balaban J connectivity index is 1.71. The van der Waals surface area contributed by atoms with Crippen LogP contribution < -0.4 is 0 Å². The Kier molecular flexibility index (Phi) is 5.46. The van der Waals surface area contributed by atoms with Crippen LogP contribution in [0.5, 0.6) is 0 Å². The largest absolute Gasteiger partial charge is 0.340 e. The first kappa shape index (κ1) is 23.3. The standard InChI is InChI=1S/C36H27N3/c1-2-3-4-5-18-39-33-19-23-12-15-27-25(21-37)8-6-10-30(27)34-24-14-17-28-26(22-38)9-7-11-31(28)35(34)36(39)32(20-24)29(33)16-13-23/h6-17,19-20H,2-5,18H2,1H3. The number of hydrogen-bond donors (Lipinski definition) is 0. The van der Waals surface area contributed by atoms with E-state index in [0.29, 0.717) is 11.1 Å². The first-order chi connectivity index (χ1) is 19.2. The summed E-state index contributed by atoms with van der Waals surface area (Å²) in [7, 11) is 0. The Labute approximate surface area is 228 Å². The van der Waals surface area contributed by atoms with Gasteiger partial charge in [0.2, 0.25) is 0 Å². The van der Waals surface area contributed by atoms with E-state index >= 15 is 0 Å². The Bertz CT molecular complexity index is 1970. The maximum Gasteiger partial charge on any atom is 0.0998 e. The van der Waals surface area contributed by atoms with Crippen molar-refractivity contribution in [1.82, 2.24) is 4.57 Å². The predicted octanol–water partition coefficient (Wildman–Crippen LogP) is 9.42. The van der Waals surface area contributed by atoms with E-state index in [2.05, 4.69) is 84.3 Å². The second kappa shape index (κ2) is 9.16. The lowest BCUT2D eigenvalue weighted by atomic mass is 9.84. The molecule has 186 valence electrons. The van der Waals surface area contributed by atoms with Gasteiger partial charge in [-0.05, 0) is 58.5 Å². The van der Waals surface area contributed by atoms with Gasteiger partial charge in [0.1, 0.15) is 0 Å². The fraction of sp³-hybridized carbons (Fsp3) is 0.167. The summed E-state index contributed by atoms with van der Waals surface area (Å²) >= 11 is 0. The van der Waals surface area contributed by atoms with Crippen LogP contribution in [0.15, 0.2) is 60.7 Å². The molecule has 3 nitrogen and oxygen atoms in total. The molecular weight excluding hydrogens is 474 g/mol. The van der Waals surface area contributed by atoms with Crippen LogP contribution >= 0.6 is 0 Å². The Hall–Kier alpha value is -4.86. The lowest BCUT2D eigenvalue weighted by molar-refractivity contribution is 0.602. The summed E-state index contributed by atoms with van der Waals surface area (Å²) < 4.78 is 2.52. The number of rotatable bonds is 5. The van der Waals surface area contributed by atoms with Gasteiger partial charge >= 0.3 is 0 Å². The van der Waals surface area contributed by atoms with Gasteiger partial charge in [0, 0.05) is 39.5 Å². The summed E-state index contributed by atoms with van der Waals surface area (Å²) in [5.74, 6) is 0. The molecule has 6 bridgehead atoms. The second-order valence-corrected chi connectivity index (χ2v) is 10.5. The van der Waals surface area contributed by atoms with Crippen molar-refractivity contribution in [3.8, 4) is 34.4 Å². The molecule has 7 rings (SSSR count). The number of nitriles is 2. The van der Waals surface area contributed by atoms with E-state index in [9.17, 15) is 10.5 Å². The summed E-state index contributed by atoms with van der Waals surface area (Å²) in [6.07, 6.45) is 13.2. The van der Waals surface area contributed by atoms with Crippen LogP contribution in [-0.4, -0.2) is 4.57 Å². The molecule has 1 aliphatic heterocycles. The van der Waals surface area contributed by atoms with Gasteiger partial charge in [-0.1, -0.05) is 86.9 Å². The van der Waals surface area contributed by atoms with Crippen molar-refractivity contribution in [1.29, 1.82) is 10.5 Å². The molecule has 39 heavy (non-hydrogen) atoms. The van der Waals surface area contributed by atoms with Crippen LogP contribution in [0.3, 0.4) is 0 Å². The monoisotopic (exact) mass is 501 g/mol. The number of unbranched alkanes of at least 4 members (excludes halogenated alkanes) is 3. The predicted molar refractivity (Wildman–Crippen MR) is 162 cm³/mol. The van der Waals surface area contributed by atoms with Gasteiger partial charge in [0.05, 0.1) is 28.8 Å². The minimum Gasteiger partial charge on any atom is -0.340 e. The molecule has 0 atom stereocenters. The van der Waals surface area contributed by atoms with Gasteiger partial charge in [-0.25, -0.2) is 0 Å². The van der Waals surface area contributed by atoms with Crippen LogP contribution in [0.1, 0.15) is 66.0 Å². The third-order valence-corrected chi connectivity index (χ3v) is 8.30. The number of hydrogen-bond acceptors (Lipinski definition) is 2. The summed E-state index contributed by atoms with van der Waals surface area (Å²) in [4.78, 5) is 0. The second-order valence-electron chi connectivity index (χ2n) is 10.5. The summed E-state index contributed by atoms with van der Waals surface area (Å²) in [6.45, 7) is 3.18. The molecule has 3 heteroatoms. The van der Waals surface area contributed by atoms with Crippen molar-refractivity contribution in [2.24, 2.45) is 0 Å². The highest BCUT2D eigenvalue weighted by Gasteiger charge is 2.27. The van der Waals surface area contributed by atoms with Crippen LogP contribution in [0, 0.1) is 22.7 Å². The van der Waals surface area contributed by atoms with Gasteiger partial charge in [-0.15, -0.1) is 0 Å². The van der Waals surface area contributed by atoms with Crippen LogP contribution in [-0.2, 0) is 6.54 Å². The Morgan fingerprint density at radius 3 is 2.13 bits per heavy atom. The first-order valence-electron chi connectivity index (χ1n) is 13.8. The average Bonchev–Trinajstić information content (AvgIpc) is 3.20. The molecule has 1 aromatic heterocycles. The first-order valence-corrected chi connectivity index (χ1v) is 13.8. The number of aryl methyl sites for hydroxylation is 1. The minimum atomic E-state index is 0.657.